The van der Waals surface area contributed by atoms with Gasteiger partial charge >= 0.3 is 231 Å². The van der Waals surface area contributed by atoms with Crippen LogP contribution in [0.2, 0.25) is 11.4 Å². The number of carbonyl (C=O) groups excluding carboxylic acids is 3. The number of rotatable bonds is 9. The van der Waals surface area contributed by atoms with Crippen molar-refractivity contribution in [1.29, 1.82) is 0 Å². The Balaban J connectivity index is 1.59. The van der Waals surface area contributed by atoms with Crippen LogP contribution in [0.4, 0.5) is 0 Å². The third-order valence-electron chi connectivity index (χ3n) is 5.72. The predicted octanol–water partition coefficient (Wildman–Crippen LogP) is 5.39. The van der Waals surface area contributed by atoms with Crippen molar-refractivity contribution >= 4 is 41.4 Å². The molecule has 0 N–H and O–H groups in total. The molecule has 0 aliphatic carbocycles. The summed E-state index contributed by atoms with van der Waals surface area (Å²) in [4.78, 5) is 38.7. The van der Waals surface area contributed by atoms with E-state index in [4.69, 9.17) is 18.9 Å². The standard InChI is InChI=1S/C29H29AsO7S/c1-30(2)38-25-18-23(36-28(32)21-14-8-4-9-15-21)26(37-29(33)22-16-10-5-11-17-22)24(35-25)19-34-27(31)20-12-6-3-7-13-20/h3-17,23-26H,18-19H2,1-2H3. The Bertz CT molecular complexity index is 1210. The van der Waals surface area contributed by atoms with Gasteiger partial charge in [0.2, 0.25) is 0 Å². The Morgan fingerprint density at radius 2 is 1.24 bits per heavy atom. The molecule has 4 rings (SSSR count). The van der Waals surface area contributed by atoms with E-state index >= 15 is 0 Å². The summed E-state index contributed by atoms with van der Waals surface area (Å²) in [7, 11) is 1.71. The maximum atomic E-state index is 13.1. The van der Waals surface area contributed by atoms with Gasteiger partial charge in [0.05, 0.1) is 0 Å². The van der Waals surface area contributed by atoms with E-state index in [2.05, 4.69) is 11.4 Å². The van der Waals surface area contributed by atoms with Crippen LogP contribution in [0, 0.1) is 0 Å². The molecule has 0 saturated carbocycles. The minimum absolute atomic E-state index is 0.169. The van der Waals surface area contributed by atoms with Crippen LogP contribution in [0.1, 0.15) is 37.5 Å². The molecule has 0 aromatic heterocycles. The maximum absolute atomic E-state index is 13.1. The van der Waals surface area contributed by atoms with Crippen LogP contribution in [-0.2, 0) is 18.9 Å². The van der Waals surface area contributed by atoms with Gasteiger partial charge in [-0.25, -0.2) is 0 Å². The van der Waals surface area contributed by atoms with Crippen molar-refractivity contribution in [1.82, 2.24) is 0 Å². The monoisotopic (exact) mass is 596 g/mol. The fourth-order valence-electron chi connectivity index (χ4n) is 3.96. The summed E-state index contributed by atoms with van der Waals surface area (Å²) in [6, 6.07) is 25.8. The first-order valence-electron chi connectivity index (χ1n) is 12.1. The SMILES string of the molecule is C[As](C)SC1CC(OC(=O)c2ccccc2)C(OC(=O)c2ccccc2)C(COC(=O)c2ccccc2)O1. The molecule has 1 aliphatic heterocycles. The van der Waals surface area contributed by atoms with Crippen molar-refractivity contribution in [2.24, 2.45) is 0 Å². The van der Waals surface area contributed by atoms with Crippen molar-refractivity contribution < 1.29 is 33.3 Å². The molecule has 1 heterocycles. The van der Waals surface area contributed by atoms with Crippen molar-refractivity contribution in [3.63, 3.8) is 0 Å². The van der Waals surface area contributed by atoms with Gasteiger partial charge in [-0.1, -0.05) is 0 Å². The van der Waals surface area contributed by atoms with Gasteiger partial charge in [0.15, 0.2) is 0 Å². The number of hydrogen-bond acceptors (Lipinski definition) is 8. The van der Waals surface area contributed by atoms with E-state index in [1.165, 1.54) is 0 Å². The molecule has 198 valence electrons. The molecule has 1 fully saturated rings. The number of ether oxygens (including phenoxy) is 4. The molecule has 3 aromatic rings. The van der Waals surface area contributed by atoms with Crippen LogP contribution in [0.15, 0.2) is 91.0 Å². The molecule has 0 radical (unpaired) electrons. The second-order valence-electron chi connectivity index (χ2n) is 8.77. The van der Waals surface area contributed by atoms with Crippen molar-refractivity contribution in [3.8, 4) is 0 Å². The molecule has 4 unspecified atom stereocenters. The first kappa shape index (κ1) is 28.0. The molecule has 1 saturated heterocycles. The Morgan fingerprint density at radius 3 is 1.74 bits per heavy atom. The second kappa shape index (κ2) is 13.6. The molecule has 7 nitrogen and oxygen atoms in total. The van der Waals surface area contributed by atoms with Gasteiger partial charge in [-0.05, 0) is 0 Å². The van der Waals surface area contributed by atoms with Gasteiger partial charge < -0.3 is 0 Å². The molecule has 0 spiro atoms. The van der Waals surface area contributed by atoms with E-state index in [1.54, 1.807) is 88.9 Å². The van der Waals surface area contributed by atoms with Gasteiger partial charge in [-0.2, -0.15) is 0 Å². The van der Waals surface area contributed by atoms with Gasteiger partial charge in [0.1, 0.15) is 0 Å². The average Bonchev–Trinajstić information content (AvgIpc) is 2.94. The third kappa shape index (κ3) is 7.73. The van der Waals surface area contributed by atoms with Crippen molar-refractivity contribution in [2.45, 2.75) is 41.6 Å². The van der Waals surface area contributed by atoms with Crippen molar-refractivity contribution in [3.05, 3.63) is 108 Å². The third-order valence-corrected chi connectivity index (χ3v) is 10.8. The van der Waals surface area contributed by atoms with Crippen LogP contribution in [0.25, 0.3) is 0 Å². The molecular formula is C29H29AsO7S. The first-order valence-corrected chi connectivity index (χ1v) is 19.0. The molecule has 0 bridgehead atoms. The summed E-state index contributed by atoms with van der Waals surface area (Å²) in [6.45, 7) is -0.169. The van der Waals surface area contributed by atoms with E-state index < -0.39 is 49.7 Å². The summed E-state index contributed by atoms with van der Waals surface area (Å²) in [6.07, 6.45) is -2.27. The molecule has 3 aromatic carbocycles. The summed E-state index contributed by atoms with van der Waals surface area (Å²) in [5, 5.41) is 0. The van der Waals surface area contributed by atoms with Gasteiger partial charge in [-0.3, -0.25) is 0 Å². The summed E-state index contributed by atoms with van der Waals surface area (Å²) in [5.74, 6) is -1.62. The number of hydrogen-bond donors (Lipinski definition) is 0. The van der Waals surface area contributed by atoms with Crippen LogP contribution in [0.5, 0.6) is 0 Å². The second-order valence-corrected chi connectivity index (χ2v) is 18.0. The summed E-state index contributed by atoms with van der Waals surface area (Å²) in [5.41, 5.74) is 5.20. The van der Waals surface area contributed by atoms with Crippen LogP contribution < -0.4 is 0 Å². The van der Waals surface area contributed by atoms with Gasteiger partial charge in [-0.15, -0.1) is 0 Å². The number of benzene rings is 3. The molecule has 9 heteroatoms. The predicted molar refractivity (Wildman–Crippen MR) is 146 cm³/mol. The molecule has 4 atom stereocenters. The normalized spacial score (nSPS) is 20.9. The van der Waals surface area contributed by atoms with Crippen LogP contribution in [0.3, 0.4) is 0 Å². The summed E-state index contributed by atoms with van der Waals surface area (Å²) >= 11 is -1.21. The zero-order valence-electron chi connectivity index (χ0n) is 21.1. The number of esters is 3. The average molecular weight is 597 g/mol. The Hall–Kier alpha value is -3.06. The van der Waals surface area contributed by atoms with Crippen molar-refractivity contribution in [2.75, 3.05) is 6.61 Å². The van der Waals surface area contributed by atoms with E-state index in [-0.39, 0.29) is 12.0 Å². The van der Waals surface area contributed by atoms with E-state index in [1.807, 2.05) is 12.1 Å². The Kier molecular flexibility index (Phi) is 10.0. The quantitative estimate of drug-likeness (QED) is 0.185. The van der Waals surface area contributed by atoms with Gasteiger partial charge in [0.25, 0.3) is 0 Å². The number of carbonyl (C=O) groups is 3. The van der Waals surface area contributed by atoms with E-state index in [9.17, 15) is 14.4 Å². The van der Waals surface area contributed by atoms with Crippen LogP contribution in [-0.4, -0.2) is 61.8 Å². The fourth-order valence-corrected chi connectivity index (χ4v) is 8.71. The van der Waals surface area contributed by atoms with Gasteiger partial charge in [0, 0.05) is 0 Å². The Morgan fingerprint density at radius 1 is 0.763 bits per heavy atom. The Labute approximate surface area is 230 Å². The molecule has 0 amide bonds. The molecular weight excluding hydrogens is 567 g/mol. The topological polar surface area (TPSA) is 88.1 Å². The molecule has 1 aliphatic rings. The van der Waals surface area contributed by atoms with E-state index in [0.29, 0.717) is 23.1 Å². The fraction of sp³-hybridized carbons (Fsp3) is 0.276. The molecule has 38 heavy (non-hydrogen) atoms. The first-order chi connectivity index (χ1) is 18.4. The van der Waals surface area contributed by atoms with E-state index in [0.717, 1.165) is 0 Å². The summed E-state index contributed by atoms with van der Waals surface area (Å²) < 4.78 is 23.7. The zero-order valence-corrected chi connectivity index (χ0v) is 23.8. The van der Waals surface area contributed by atoms with Crippen LogP contribution >= 0.6 is 10.0 Å². The minimum atomic E-state index is -1.21. The zero-order chi connectivity index (χ0) is 26.9.